The summed E-state index contributed by atoms with van der Waals surface area (Å²) in [6, 6.07) is 211. The Morgan fingerprint density at radius 2 is 0.233 bits per heavy atom. The summed E-state index contributed by atoms with van der Waals surface area (Å²) < 4.78 is 14.3. The van der Waals surface area contributed by atoms with Crippen LogP contribution in [0, 0.1) is 0 Å². The van der Waals surface area contributed by atoms with Crippen molar-refractivity contribution in [1.29, 1.82) is 0 Å². The summed E-state index contributed by atoms with van der Waals surface area (Å²) in [6.07, 6.45) is 0. The molecule has 0 saturated carbocycles. The molecule has 6 heteroatoms. The van der Waals surface area contributed by atoms with Crippen molar-refractivity contribution in [2.75, 3.05) is 0 Å². The van der Waals surface area contributed by atoms with E-state index in [0.717, 1.165) is 11.4 Å². The normalized spacial score (nSPS) is 11.6. The van der Waals surface area contributed by atoms with Gasteiger partial charge in [-0.15, -0.1) is 0 Å². The average Bonchev–Trinajstić information content (AvgIpc) is 1.58. The fourth-order valence-corrected chi connectivity index (χ4v) is 23.4. The number of hydrogen-bond acceptors (Lipinski definition) is 0. The van der Waals surface area contributed by atoms with Crippen LogP contribution < -0.4 is 0 Å². The van der Waals surface area contributed by atoms with E-state index in [4.69, 9.17) is 0 Å². The molecule has 0 aliphatic heterocycles. The zero-order valence-electron chi connectivity index (χ0n) is 82.1. The molecular weight excluding hydrogens is 1810 g/mol. The summed E-state index contributed by atoms with van der Waals surface area (Å²) in [6.45, 7) is 0. The van der Waals surface area contributed by atoms with Crippen LogP contribution in [-0.4, -0.2) is 27.4 Å². The van der Waals surface area contributed by atoms with Crippen LogP contribution in [0.4, 0.5) is 0 Å². The van der Waals surface area contributed by atoms with Crippen molar-refractivity contribution < 1.29 is 0 Å². The monoisotopic (exact) mass is 1910 g/mol. The lowest BCUT2D eigenvalue weighted by Gasteiger charge is -2.13. The third-order valence-electron chi connectivity index (χ3n) is 30.3. The second kappa shape index (κ2) is 37.4. The van der Waals surface area contributed by atoms with Gasteiger partial charge in [0.05, 0.1) is 66.2 Å². The third kappa shape index (κ3) is 15.5. The van der Waals surface area contributed by atoms with Crippen molar-refractivity contribution in [3.8, 4) is 134 Å². The Hall–Kier alpha value is -19.9. The van der Waals surface area contributed by atoms with Crippen LogP contribution in [0.15, 0.2) is 582 Å². The van der Waals surface area contributed by atoms with Crippen LogP contribution in [0.3, 0.4) is 0 Å². The molecule has 6 aromatic heterocycles. The van der Waals surface area contributed by atoms with Crippen molar-refractivity contribution in [3.63, 3.8) is 0 Å². The van der Waals surface area contributed by atoms with E-state index in [2.05, 4.69) is 610 Å². The molecule has 24 aromatic carbocycles. The standard InChI is InChI=1S/3C48H32N2/c1-3-13-33(14-4-1)36-17-12-20-40(30-36)50-46-24-10-8-22-42(46)44-32-38(26-28-48(44)50)35-16-11-15-34(29-35)37-25-27-47-43(31-37)41-21-7-9-23-45(41)49(47)39-18-5-2-6-19-39;1-3-12-33(13-4-1)36-14-11-17-40(30-36)50-46-21-10-8-19-42(46)44-32-38(27-29-48(44)50)35-24-22-34(23-25-35)37-26-28-47-43(31-37)41-18-7-9-20-45(41)49(47)39-15-5-2-6-16-39;1-3-14-33(15-4-1)34-16-13-19-38(30-34)50-46-25-12-10-23-42(46)44-32-36(27-29-48(44)50)40-21-8-7-20-39(40)35-26-28-47-43(31-35)41-22-9-11-24-45(41)49(47)37-17-5-2-6-18-37/h3*1-32H. The van der Waals surface area contributed by atoms with Gasteiger partial charge in [0, 0.05) is 98.8 Å². The number of para-hydroxylation sites is 9. The molecular formula is C144H96N6. The van der Waals surface area contributed by atoms with Crippen molar-refractivity contribution in [2.45, 2.75) is 0 Å². The predicted octanol–water partition coefficient (Wildman–Crippen LogP) is 38.6. The smallest absolute Gasteiger partial charge is 0.0541 e. The van der Waals surface area contributed by atoms with Gasteiger partial charge in [-0.1, -0.05) is 394 Å². The quantitative estimate of drug-likeness (QED) is 0.0979. The van der Waals surface area contributed by atoms with E-state index in [-0.39, 0.29) is 0 Å². The Morgan fingerprint density at radius 1 is 0.0800 bits per heavy atom. The number of benzene rings is 24. The number of fused-ring (bicyclic) bond motifs is 18. The van der Waals surface area contributed by atoms with Crippen molar-refractivity contribution in [2.24, 2.45) is 0 Å². The minimum atomic E-state index is 1.16. The fraction of sp³-hybridized carbons (Fsp3) is 0. The van der Waals surface area contributed by atoms with E-state index in [1.807, 2.05) is 0 Å². The number of aromatic nitrogens is 6. The molecule has 0 N–H and O–H groups in total. The summed E-state index contributed by atoms with van der Waals surface area (Å²) in [5, 5.41) is 15.1. The minimum absolute atomic E-state index is 1.16. The van der Waals surface area contributed by atoms with Gasteiger partial charge in [-0.25, -0.2) is 0 Å². The molecule has 0 bridgehead atoms. The van der Waals surface area contributed by atoms with Gasteiger partial charge < -0.3 is 27.4 Å². The van der Waals surface area contributed by atoms with Gasteiger partial charge in [-0.3, -0.25) is 0 Å². The molecule has 6 nitrogen and oxygen atoms in total. The number of hydrogen-bond donors (Lipinski definition) is 0. The lowest BCUT2D eigenvalue weighted by Crippen LogP contribution is -1.94. The topological polar surface area (TPSA) is 29.6 Å². The summed E-state index contributed by atoms with van der Waals surface area (Å²) >= 11 is 0. The molecule has 702 valence electrons. The molecule has 150 heavy (non-hydrogen) atoms. The Kier molecular flexibility index (Phi) is 21.9. The molecule has 0 atom stereocenters. The molecule has 0 unspecified atom stereocenters. The van der Waals surface area contributed by atoms with Crippen molar-refractivity contribution >= 4 is 131 Å². The van der Waals surface area contributed by atoms with Crippen molar-refractivity contribution in [1.82, 2.24) is 27.4 Å². The number of nitrogens with zero attached hydrogens (tertiary/aromatic N) is 6. The maximum atomic E-state index is 2.41. The van der Waals surface area contributed by atoms with Crippen LogP contribution in [0.1, 0.15) is 0 Å². The second-order valence-electron chi connectivity index (χ2n) is 39.0. The van der Waals surface area contributed by atoms with Gasteiger partial charge in [0.25, 0.3) is 0 Å². The number of rotatable bonds is 15. The Morgan fingerprint density at radius 3 is 0.493 bits per heavy atom. The van der Waals surface area contributed by atoms with Gasteiger partial charge in [0.15, 0.2) is 0 Å². The van der Waals surface area contributed by atoms with Crippen LogP contribution >= 0.6 is 0 Å². The molecule has 0 aliphatic rings. The Labute approximate surface area is 868 Å². The SMILES string of the molecule is c1ccc(-c2cccc(-n3c4ccccc4c4cc(-c5ccc(-c6ccc7c(c6)c6ccccc6n7-c6ccccc6)cc5)ccc43)c2)cc1.c1ccc(-c2cccc(-n3c4ccccc4c4cc(-c5cccc(-c6ccc7c(c6)c6ccccc6n7-c6ccccc6)c5)ccc43)c2)cc1.c1ccc(-c2cccc(-n3c4ccccc4c4cc(-c5ccccc5-c5ccc6c(c5)c5ccccc5n6-c5ccccc5)ccc43)c2)cc1. The van der Waals surface area contributed by atoms with E-state index < -0.39 is 0 Å². The Bertz CT molecular complexity index is 10400. The van der Waals surface area contributed by atoms with E-state index in [1.165, 1.54) is 254 Å². The molecule has 0 amide bonds. The molecule has 0 radical (unpaired) electrons. The predicted molar refractivity (Wildman–Crippen MR) is 634 cm³/mol. The highest BCUT2D eigenvalue weighted by Gasteiger charge is 2.24. The first-order valence-electron chi connectivity index (χ1n) is 51.6. The van der Waals surface area contributed by atoms with Crippen LogP contribution in [0.2, 0.25) is 0 Å². The van der Waals surface area contributed by atoms with Gasteiger partial charge in [0.2, 0.25) is 0 Å². The highest BCUT2D eigenvalue weighted by atomic mass is 15.0. The molecule has 30 rings (SSSR count). The fourth-order valence-electron chi connectivity index (χ4n) is 23.4. The van der Waals surface area contributed by atoms with Gasteiger partial charge in [-0.05, 0) is 288 Å². The maximum Gasteiger partial charge on any atom is 0.0541 e. The molecule has 6 heterocycles. The maximum absolute atomic E-state index is 2.41. The lowest BCUT2D eigenvalue weighted by molar-refractivity contribution is 1.18. The van der Waals surface area contributed by atoms with E-state index in [9.17, 15) is 0 Å². The lowest BCUT2D eigenvalue weighted by atomic mass is 9.93. The molecule has 0 fully saturated rings. The molecule has 0 saturated heterocycles. The van der Waals surface area contributed by atoms with E-state index in [1.54, 1.807) is 0 Å². The summed E-state index contributed by atoms with van der Waals surface area (Å²) in [4.78, 5) is 0. The first-order valence-corrected chi connectivity index (χ1v) is 51.6. The average molecular weight is 1910 g/mol. The summed E-state index contributed by atoms with van der Waals surface area (Å²) in [5.41, 5.74) is 43.4. The second-order valence-corrected chi connectivity index (χ2v) is 39.0. The third-order valence-corrected chi connectivity index (χ3v) is 30.3. The summed E-state index contributed by atoms with van der Waals surface area (Å²) in [5.74, 6) is 0. The minimum Gasteiger partial charge on any atom is -0.309 e. The van der Waals surface area contributed by atoms with Gasteiger partial charge >= 0.3 is 0 Å². The molecule has 30 aromatic rings. The highest BCUT2D eigenvalue weighted by Crippen LogP contribution is 2.47. The molecule has 0 spiro atoms. The largest absolute Gasteiger partial charge is 0.309 e. The van der Waals surface area contributed by atoms with Crippen LogP contribution in [-0.2, 0) is 0 Å². The summed E-state index contributed by atoms with van der Waals surface area (Å²) in [7, 11) is 0. The van der Waals surface area contributed by atoms with Crippen molar-refractivity contribution in [3.05, 3.63) is 582 Å². The molecule has 0 aliphatic carbocycles. The highest BCUT2D eigenvalue weighted by molar-refractivity contribution is 6.17. The zero-order valence-corrected chi connectivity index (χ0v) is 82.1. The first-order chi connectivity index (χ1) is 74.4. The zero-order chi connectivity index (χ0) is 99.1. The Balaban J connectivity index is 0.000000108. The van der Waals surface area contributed by atoms with Crippen LogP contribution in [0.5, 0.6) is 0 Å². The van der Waals surface area contributed by atoms with Crippen LogP contribution in [0.25, 0.3) is 265 Å². The van der Waals surface area contributed by atoms with E-state index in [0.29, 0.717) is 0 Å². The van der Waals surface area contributed by atoms with Gasteiger partial charge in [0.1, 0.15) is 0 Å². The first kappa shape index (κ1) is 87.8. The van der Waals surface area contributed by atoms with Gasteiger partial charge in [-0.2, -0.15) is 0 Å². The van der Waals surface area contributed by atoms with E-state index >= 15 is 0 Å².